The summed E-state index contributed by atoms with van der Waals surface area (Å²) < 4.78 is 7.24. The molecule has 0 unspecified atom stereocenters. The van der Waals surface area contributed by atoms with E-state index >= 15 is 0 Å². The first kappa shape index (κ1) is 15.6. The highest BCUT2D eigenvalue weighted by molar-refractivity contribution is 6.35. The molecule has 0 fully saturated rings. The summed E-state index contributed by atoms with van der Waals surface area (Å²) in [4.78, 5) is 12.0. The maximum absolute atomic E-state index is 12.0. The molecule has 0 aliphatic heterocycles. The molecule has 0 aliphatic rings. The van der Waals surface area contributed by atoms with Crippen molar-refractivity contribution in [3.8, 4) is 5.75 Å². The number of aryl methyl sites for hydroxylation is 1. The Morgan fingerprint density at radius 1 is 1.48 bits per heavy atom. The summed E-state index contributed by atoms with van der Waals surface area (Å²) in [5.41, 5.74) is 0. The number of hydrogen-bond donors (Lipinski definition) is 1. The summed E-state index contributed by atoms with van der Waals surface area (Å²) in [7, 11) is 1.80. The van der Waals surface area contributed by atoms with Crippen LogP contribution in [0.3, 0.4) is 0 Å². The predicted octanol–water partition coefficient (Wildman–Crippen LogP) is 2.21. The van der Waals surface area contributed by atoms with E-state index in [9.17, 15) is 4.79 Å². The van der Waals surface area contributed by atoms with Crippen molar-refractivity contribution in [1.82, 2.24) is 20.1 Å². The van der Waals surface area contributed by atoms with Crippen molar-refractivity contribution in [2.45, 2.75) is 19.6 Å². The van der Waals surface area contributed by atoms with Crippen LogP contribution in [-0.2, 0) is 18.4 Å². The van der Waals surface area contributed by atoms with Crippen molar-refractivity contribution in [2.24, 2.45) is 7.05 Å². The van der Waals surface area contributed by atoms with Crippen LogP contribution in [0.5, 0.6) is 5.75 Å². The number of amides is 1. The van der Waals surface area contributed by atoms with Crippen molar-refractivity contribution in [1.29, 1.82) is 0 Å². The third-order valence-corrected chi connectivity index (χ3v) is 3.32. The van der Waals surface area contributed by atoms with Crippen LogP contribution in [0.2, 0.25) is 10.0 Å². The standard InChI is InChI=1S/C13H14Cl2N4O2/c1-8(21-11-4-3-9(14)5-10(11)15)13(20)16-6-12-18-17-7-19(12)2/h3-5,7-8H,6H2,1-2H3,(H,16,20)/t8-/m1/s1. The average molecular weight is 329 g/mol. The normalized spacial score (nSPS) is 12.0. The van der Waals surface area contributed by atoms with Crippen molar-refractivity contribution < 1.29 is 9.53 Å². The zero-order valence-corrected chi connectivity index (χ0v) is 13.0. The lowest BCUT2D eigenvalue weighted by molar-refractivity contribution is -0.127. The van der Waals surface area contributed by atoms with E-state index in [-0.39, 0.29) is 12.5 Å². The van der Waals surface area contributed by atoms with Gasteiger partial charge >= 0.3 is 0 Å². The van der Waals surface area contributed by atoms with Crippen molar-refractivity contribution >= 4 is 29.1 Å². The zero-order chi connectivity index (χ0) is 15.4. The smallest absolute Gasteiger partial charge is 0.261 e. The molecule has 1 N–H and O–H groups in total. The molecule has 8 heteroatoms. The fourth-order valence-corrected chi connectivity index (χ4v) is 2.04. The van der Waals surface area contributed by atoms with E-state index in [1.807, 2.05) is 0 Å². The van der Waals surface area contributed by atoms with Gasteiger partial charge in [-0.2, -0.15) is 0 Å². The zero-order valence-electron chi connectivity index (χ0n) is 11.5. The Bertz CT molecular complexity index is 645. The van der Waals surface area contributed by atoms with E-state index < -0.39 is 6.10 Å². The fraction of sp³-hybridized carbons (Fsp3) is 0.308. The number of aromatic nitrogens is 3. The summed E-state index contributed by atoms with van der Waals surface area (Å²) in [6.45, 7) is 1.91. The summed E-state index contributed by atoms with van der Waals surface area (Å²) in [6, 6.07) is 4.83. The molecule has 1 heterocycles. The highest BCUT2D eigenvalue weighted by atomic mass is 35.5. The molecular formula is C13H14Cl2N4O2. The van der Waals surface area contributed by atoms with Gasteiger partial charge < -0.3 is 14.6 Å². The average Bonchev–Trinajstić information content (AvgIpc) is 2.84. The van der Waals surface area contributed by atoms with Gasteiger partial charge in [-0.3, -0.25) is 4.79 Å². The maximum atomic E-state index is 12.0. The lowest BCUT2D eigenvalue weighted by atomic mass is 10.3. The van der Waals surface area contributed by atoms with Gasteiger partial charge in [-0.1, -0.05) is 23.2 Å². The number of ether oxygens (including phenoxy) is 1. The monoisotopic (exact) mass is 328 g/mol. The van der Waals surface area contributed by atoms with Gasteiger partial charge in [-0.15, -0.1) is 10.2 Å². The molecule has 2 rings (SSSR count). The van der Waals surface area contributed by atoms with E-state index in [2.05, 4.69) is 15.5 Å². The topological polar surface area (TPSA) is 69.0 Å². The summed E-state index contributed by atoms with van der Waals surface area (Å²) in [5, 5.41) is 11.2. The first-order valence-electron chi connectivity index (χ1n) is 6.19. The molecule has 1 atom stereocenters. The van der Waals surface area contributed by atoms with E-state index in [0.29, 0.717) is 21.6 Å². The van der Waals surface area contributed by atoms with Crippen molar-refractivity contribution in [3.05, 3.63) is 40.4 Å². The molecule has 2 aromatic rings. The third-order valence-electron chi connectivity index (χ3n) is 2.79. The quantitative estimate of drug-likeness (QED) is 0.913. The van der Waals surface area contributed by atoms with Gasteiger partial charge in [-0.25, -0.2) is 0 Å². The SMILES string of the molecule is C[C@@H](Oc1ccc(Cl)cc1Cl)C(=O)NCc1nncn1C. The minimum Gasteiger partial charge on any atom is -0.479 e. The molecule has 112 valence electrons. The van der Waals surface area contributed by atoms with Gasteiger partial charge in [0.15, 0.2) is 11.9 Å². The third kappa shape index (κ3) is 4.09. The molecule has 21 heavy (non-hydrogen) atoms. The molecule has 0 spiro atoms. The number of hydrogen-bond acceptors (Lipinski definition) is 4. The van der Waals surface area contributed by atoms with Crippen LogP contribution >= 0.6 is 23.2 Å². The summed E-state index contributed by atoms with van der Waals surface area (Å²) in [5.74, 6) is 0.784. The number of nitrogens with one attached hydrogen (secondary N) is 1. The number of carbonyl (C=O) groups is 1. The Morgan fingerprint density at radius 3 is 2.86 bits per heavy atom. The number of halogens is 2. The molecule has 6 nitrogen and oxygen atoms in total. The molecule has 1 amide bonds. The molecule has 0 radical (unpaired) electrons. The number of benzene rings is 1. The molecular weight excluding hydrogens is 315 g/mol. The summed E-state index contributed by atoms with van der Waals surface area (Å²) >= 11 is 11.8. The van der Waals surface area contributed by atoms with Gasteiger partial charge in [-0.05, 0) is 25.1 Å². The van der Waals surface area contributed by atoms with Crippen LogP contribution in [0.15, 0.2) is 24.5 Å². The lowest BCUT2D eigenvalue weighted by Gasteiger charge is -2.15. The Labute approximate surface area is 132 Å². The second-order valence-electron chi connectivity index (χ2n) is 4.41. The van der Waals surface area contributed by atoms with E-state index in [1.54, 1.807) is 43.1 Å². The van der Waals surface area contributed by atoms with Gasteiger partial charge in [0.05, 0.1) is 11.6 Å². The van der Waals surface area contributed by atoms with Crippen LogP contribution in [0.25, 0.3) is 0 Å². The Balaban J connectivity index is 1.92. The minimum atomic E-state index is -0.697. The van der Waals surface area contributed by atoms with Crippen LogP contribution < -0.4 is 10.1 Å². The molecule has 0 saturated heterocycles. The van der Waals surface area contributed by atoms with Crippen molar-refractivity contribution in [2.75, 3.05) is 0 Å². The highest BCUT2D eigenvalue weighted by Gasteiger charge is 2.16. The van der Waals surface area contributed by atoms with Gasteiger partial charge in [0.1, 0.15) is 12.1 Å². The molecule has 0 aliphatic carbocycles. The first-order chi connectivity index (χ1) is 9.97. The molecule has 1 aromatic heterocycles. The van der Waals surface area contributed by atoms with E-state index in [0.717, 1.165) is 0 Å². The Morgan fingerprint density at radius 2 is 2.24 bits per heavy atom. The van der Waals surface area contributed by atoms with Gasteiger partial charge in [0.2, 0.25) is 0 Å². The predicted molar refractivity (Wildman–Crippen MR) is 79.4 cm³/mol. The number of rotatable bonds is 5. The van der Waals surface area contributed by atoms with Gasteiger partial charge in [0.25, 0.3) is 5.91 Å². The summed E-state index contributed by atoms with van der Waals surface area (Å²) in [6.07, 6.45) is 0.867. The second-order valence-corrected chi connectivity index (χ2v) is 5.25. The van der Waals surface area contributed by atoms with Crippen LogP contribution in [-0.4, -0.2) is 26.8 Å². The molecule has 0 saturated carbocycles. The van der Waals surface area contributed by atoms with E-state index in [4.69, 9.17) is 27.9 Å². The van der Waals surface area contributed by atoms with Crippen LogP contribution in [0.4, 0.5) is 0 Å². The fourth-order valence-electron chi connectivity index (χ4n) is 1.59. The highest BCUT2D eigenvalue weighted by Crippen LogP contribution is 2.28. The van der Waals surface area contributed by atoms with E-state index in [1.165, 1.54) is 0 Å². The molecule has 0 bridgehead atoms. The maximum Gasteiger partial charge on any atom is 0.261 e. The Hall–Kier alpha value is -1.79. The number of nitrogens with zero attached hydrogens (tertiary/aromatic N) is 3. The molecule has 1 aromatic carbocycles. The Kier molecular flexibility index (Phi) is 5.03. The lowest BCUT2D eigenvalue weighted by Crippen LogP contribution is -2.36. The largest absolute Gasteiger partial charge is 0.479 e. The minimum absolute atomic E-state index is 0.274. The van der Waals surface area contributed by atoms with Crippen molar-refractivity contribution in [3.63, 3.8) is 0 Å². The van der Waals surface area contributed by atoms with Gasteiger partial charge in [0, 0.05) is 12.1 Å². The van der Waals surface area contributed by atoms with Crippen LogP contribution in [0, 0.1) is 0 Å². The second kappa shape index (κ2) is 6.78. The first-order valence-corrected chi connectivity index (χ1v) is 6.95. The number of carbonyl (C=O) groups excluding carboxylic acids is 1. The van der Waals surface area contributed by atoms with Crippen LogP contribution in [0.1, 0.15) is 12.7 Å².